The van der Waals surface area contributed by atoms with Crippen LogP contribution in [0.1, 0.15) is 15.9 Å². The molecule has 1 aliphatic rings. The zero-order valence-electron chi connectivity index (χ0n) is 10.2. The van der Waals surface area contributed by atoms with Gasteiger partial charge in [0.1, 0.15) is 0 Å². The van der Waals surface area contributed by atoms with Crippen LogP contribution in [-0.2, 0) is 10.0 Å². The summed E-state index contributed by atoms with van der Waals surface area (Å²) in [5.41, 5.74) is 3.02. The molecule has 19 heavy (non-hydrogen) atoms. The van der Waals surface area contributed by atoms with Crippen molar-refractivity contribution in [3.63, 3.8) is 0 Å². The standard InChI is InChI=1S/C14H11NO3S/c1-19(17,18)15-12-8-4-7-11-13(12)9-5-2-3-6-10(9)14(11)16/h2-8,15H,1H3. The van der Waals surface area contributed by atoms with Crippen LogP contribution in [0.2, 0.25) is 0 Å². The van der Waals surface area contributed by atoms with Crippen LogP contribution in [0.5, 0.6) is 0 Å². The fourth-order valence-corrected chi connectivity index (χ4v) is 2.93. The minimum absolute atomic E-state index is 0.0669. The van der Waals surface area contributed by atoms with E-state index < -0.39 is 10.0 Å². The highest BCUT2D eigenvalue weighted by atomic mass is 32.2. The Balaban J connectivity index is 2.28. The lowest BCUT2D eigenvalue weighted by molar-refractivity contribution is 0.104. The summed E-state index contributed by atoms with van der Waals surface area (Å²) in [6, 6.07) is 12.3. The number of benzene rings is 2. The first kappa shape index (κ1) is 11.9. The summed E-state index contributed by atoms with van der Waals surface area (Å²) in [7, 11) is -3.38. The molecule has 5 heteroatoms. The number of nitrogens with one attached hydrogen (secondary N) is 1. The molecule has 2 aromatic carbocycles. The highest BCUT2D eigenvalue weighted by Crippen LogP contribution is 2.41. The SMILES string of the molecule is CS(=O)(=O)Nc1cccc2c1-c1ccccc1C2=O. The van der Waals surface area contributed by atoms with Crippen LogP contribution in [-0.4, -0.2) is 20.5 Å². The molecule has 0 amide bonds. The Hall–Kier alpha value is -2.14. The molecule has 1 N–H and O–H groups in total. The monoisotopic (exact) mass is 273 g/mol. The Morgan fingerprint density at radius 3 is 2.21 bits per heavy atom. The van der Waals surface area contributed by atoms with Crippen LogP contribution >= 0.6 is 0 Å². The molecule has 0 saturated carbocycles. The summed E-state index contributed by atoms with van der Waals surface area (Å²) < 4.78 is 25.3. The maximum atomic E-state index is 12.2. The summed E-state index contributed by atoms with van der Waals surface area (Å²) in [5.74, 6) is -0.0669. The third kappa shape index (κ3) is 1.92. The molecule has 0 radical (unpaired) electrons. The fraction of sp³-hybridized carbons (Fsp3) is 0.0714. The Morgan fingerprint density at radius 1 is 0.895 bits per heavy atom. The molecule has 3 rings (SSSR count). The van der Waals surface area contributed by atoms with Gasteiger partial charge >= 0.3 is 0 Å². The van der Waals surface area contributed by atoms with E-state index in [1.54, 1.807) is 30.3 Å². The van der Waals surface area contributed by atoms with E-state index in [0.29, 0.717) is 22.4 Å². The average molecular weight is 273 g/mol. The minimum Gasteiger partial charge on any atom is -0.289 e. The van der Waals surface area contributed by atoms with E-state index in [-0.39, 0.29) is 5.78 Å². The molecule has 96 valence electrons. The van der Waals surface area contributed by atoms with Crippen LogP contribution in [0.15, 0.2) is 42.5 Å². The molecule has 1 aliphatic carbocycles. The van der Waals surface area contributed by atoms with Gasteiger partial charge in [0.25, 0.3) is 0 Å². The third-order valence-corrected chi connectivity index (χ3v) is 3.64. The van der Waals surface area contributed by atoms with Gasteiger partial charge in [-0.25, -0.2) is 8.42 Å². The average Bonchev–Trinajstić information content (AvgIpc) is 2.63. The summed E-state index contributed by atoms with van der Waals surface area (Å²) >= 11 is 0. The molecule has 0 heterocycles. The van der Waals surface area contributed by atoms with Crippen LogP contribution in [0.4, 0.5) is 5.69 Å². The molecule has 0 saturated heterocycles. The van der Waals surface area contributed by atoms with Gasteiger partial charge in [-0.2, -0.15) is 0 Å². The van der Waals surface area contributed by atoms with Crippen molar-refractivity contribution in [1.29, 1.82) is 0 Å². The van der Waals surface area contributed by atoms with Crippen molar-refractivity contribution in [3.8, 4) is 11.1 Å². The van der Waals surface area contributed by atoms with Gasteiger partial charge in [0.15, 0.2) is 5.78 Å². The molecular formula is C14H11NO3S. The van der Waals surface area contributed by atoms with Crippen LogP contribution in [0.3, 0.4) is 0 Å². The zero-order valence-corrected chi connectivity index (χ0v) is 11.0. The van der Waals surface area contributed by atoms with Crippen molar-refractivity contribution in [2.24, 2.45) is 0 Å². The maximum absolute atomic E-state index is 12.2. The van der Waals surface area contributed by atoms with E-state index >= 15 is 0 Å². The smallest absolute Gasteiger partial charge is 0.229 e. The normalized spacial score (nSPS) is 13.0. The zero-order chi connectivity index (χ0) is 13.6. The minimum atomic E-state index is -3.38. The second-order valence-electron chi connectivity index (χ2n) is 4.48. The molecule has 0 fully saturated rings. The molecule has 0 aliphatic heterocycles. The van der Waals surface area contributed by atoms with E-state index in [9.17, 15) is 13.2 Å². The number of ketones is 1. The molecule has 0 unspecified atom stereocenters. The summed E-state index contributed by atoms with van der Waals surface area (Å²) in [5, 5.41) is 0. The predicted molar refractivity (Wildman–Crippen MR) is 73.8 cm³/mol. The van der Waals surface area contributed by atoms with Gasteiger partial charge in [0, 0.05) is 16.7 Å². The maximum Gasteiger partial charge on any atom is 0.229 e. The van der Waals surface area contributed by atoms with Crippen molar-refractivity contribution in [2.45, 2.75) is 0 Å². The number of fused-ring (bicyclic) bond motifs is 3. The first-order chi connectivity index (χ1) is 8.97. The lowest BCUT2D eigenvalue weighted by atomic mass is 10.0. The number of hydrogen-bond acceptors (Lipinski definition) is 3. The first-order valence-corrected chi connectivity index (χ1v) is 7.61. The predicted octanol–water partition coefficient (Wildman–Crippen LogP) is 2.27. The van der Waals surface area contributed by atoms with Gasteiger partial charge < -0.3 is 0 Å². The molecule has 0 atom stereocenters. The molecular weight excluding hydrogens is 262 g/mol. The highest BCUT2D eigenvalue weighted by Gasteiger charge is 2.28. The van der Waals surface area contributed by atoms with Crippen LogP contribution in [0, 0.1) is 0 Å². The lowest BCUT2D eigenvalue weighted by Crippen LogP contribution is -2.10. The Kier molecular flexibility index (Phi) is 2.46. The van der Waals surface area contributed by atoms with Crippen LogP contribution < -0.4 is 4.72 Å². The Morgan fingerprint density at radius 2 is 1.53 bits per heavy atom. The van der Waals surface area contributed by atoms with E-state index in [2.05, 4.69) is 4.72 Å². The van der Waals surface area contributed by atoms with Gasteiger partial charge in [0.2, 0.25) is 10.0 Å². The molecule has 0 bridgehead atoms. The number of sulfonamides is 1. The van der Waals surface area contributed by atoms with Gasteiger partial charge in [-0.15, -0.1) is 0 Å². The second-order valence-corrected chi connectivity index (χ2v) is 6.23. The van der Waals surface area contributed by atoms with Crippen LogP contribution in [0.25, 0.3) is 11.1 Å². The molecule has 0 aromatic heterocycles. The number of carbonyl (C=O) groups excluding carboxylic acids is 1. The molecule has 4 nitrogen and oxygen atoms in total. The number of rotatable bonds is 2. The summed E-state index contributed by atoms with van der Waals surface area (Å²) in [6.07, 6.45) is 1.09. The number of anilines is 1. The van der Waals surface area contributed by atoms with Crippen molar-refractivity contribution in [3.05, 3.63) is 53.6 Å². The van der Waals surface area contributed by atoms with E-state index in [4.69, 9.17) is 0 Å². The largest absolute Gasteiger partial charge is 0.289 e. The fourth-order valence-electron chi connectivity index (χ4n) is 2.36. The van der Waals surface area contributed by atoms with Gasteiger partial charge in [-0.1, -0.05) is 36.4 Å². The van der Waals surface area contributed by atoms with Crippen molar-refractivity contribution < 1.29 is 13.2 Å². The van der Waals surface area contributed by atoms with E-state index in [1.165, 1.54) is 0 Å². The number of hydrogen-bond donors (Lipinski definition) is 1. The highest BCUT2D eigenvalue weighted by molar-refractivity contribution is 7.92. The first-order valence-electron chi connectivity index (χ1n) is 5.72. The van der Waals surface area contributed by atoms with Crippen molar-refractivity contribution >= 4 is 21.5 Å². The lowest BCUT2D eigenvalue weighted by Gasteiger charge is -2.09. The Bertz CT molecular complexity index is 794. The third-order valence-electron chi connectivity index (χ3n) is 3.05. The number of carbonyl (C=O) groups is 1. The van der Waals surface area contributed by atoms with Gasteiger partial charge in [-0.05, 0) is 11.6 Å². The summed E-state index contributed by atoms with van der Waals surface area (Å²) in [6.45, 7) is 0. The topological polar surface area (TPSA) is 63.2 Å². The molecule has 2 aromatic rings. The second kappa shape index (κ2) is 3.93. The Labute approximate surface area is 111 Å². The van der Waals surface area contributed by atoms with Crippen molar-refractivity contribution in [1.82, 2.24) is 0 Å². The van der Waals surface area contributed by atoms with E-state index in [0.717, 1.165) is 11.8 Å². The quantitative estimate of drug-likeness (QED) is 0.779. The van der Waals surface area contributed by atoms with Crippen molar-refractivity contribution in [2.75, 3.05) is 11.0 Å². The van der Waals surface area contributed by atoms with E-state index in [1.807, 2.05) is 12.1 Å². The van der Waals surface area contributed by atoms with Gasteiger partial charge in [-0.3, -0.25) is 9.52 Å². The molecule has 0 spiro atoms. The summed E-state index contributed by atoms with van der Waals surface area (Å²) in [4.78, 5) is 12.2. The van der Waals surface area contributed by atoms with Gasteiger partial charge in [0.05, 0.1) is 11.9 Å².